The number of urea groups is 1. The van der Waals surface area contributed by atoms with Crippen LogP contribution in [0.3, 0.4) is 0 Å². The van der Waals surface area contributed by atoms with Crippen molar-refractivity contribution in [3.63, 3.8) is 0 Å². The third kappa shape index (κ3) is 5.06. The van der Waals surface area contributed by atoms with Crippen LogP contribution in [-0.2, 0) is 30.4 Å². The number of hydrogen-bond acceptors (Lipinski definition) is 7. The first kappa shape index (κ1) is 25.2. The van der Waals surface area contributed by atoms with E-state index < -0.39 is 36.2 Å². The van der Waals surface area contributed by atoms with E-state index in [1.165, 1.54) is 11.9 Å². The van der Waals surface area contributed by atoms with Crippen molar-refractivity contribution in [3.05, 3.63) is 41.1 Å². The number of carbonyl (C=O) groups excluding carboxylic acids is 4. The topological polar surface area (TPSA) is 134 Å². The molecule has 0 radical (unpaired) electrons. The van der Waals surface area contributed by atoms with Crippen molar-refractivity contribution in [2.75, 3.05) is 13.8 Å². The fraction of sp³-hybridized carbons (Fsp3) is 0.500. The van der Waals surface area contributed by atoms with Gasteiger partial charge in [-0.2, -0.15) is 0 Å². The lowest BCUT2D eigenvalue weighted by atomic mass is 9.82. The van der Waals surface area contributed by atoms with Crippen LogP contribution in [0.5, 0.6) is 0 Å². The average Bonchev–Trinajstić information content (AvgIpc) is 3.11. The molecular formula is C24H31N3O7. The molecule has 3 atom stereocenters. The van der Waals surface area contributed by atoms with Crippen molar-refractivity contribution in [2.24, 2.45) is 11.3 Å². The van der Waals surface area contributed by atoms with Gasteiger partial charge in [0.05, 0.1) is 23.5 Å². The Hall–Kier alpha value is -3.40. The van der Waals surface area contributed by atoms with Gasteiger partial charge in [0.25, 0.3) is 0 Å². The Morgan fingerprint density at radius 1 is 1.24 bits per heavy atom. The van der Waals surface area contributed by atoms with Crippen molar-refractivity contribution < 1.29 is 33.8 Å². The van der Waals surface area contributed by atoms with E-state index in [0.717, 1.165) is 5.56 Å². The van der Waals surface area contributed by atoms with Gasteiger partial charge in [0.15, 0.2) is 0 Å². The number of ether oxygens (including phenoxy) is 2. The molecule has 1 aromatic rings. The predicted octanol–water partition coefficient (Wildman–Crippen LogP) is 1.53. The molecular weight excluding hydrogens is 442 g/mol. The van der Waals surface area contributed by atoms with E-state index in [2.05, 4.69) is 10.6 Å². The van der Waals surface area contributed by atoms with Crippen molar-refractivity contribution in [3.8, 4) is 0 Å². The number of aliphatic hydroxyl groups excluding tert-OH is 1. The largest absolute Gasteiger partial charge is 0.427 e. The lowest BCUT2D eigenvalue weighted by molar-refractivity contribution is -0.175. The zero-order valence-electron chi connectivity index (χ0n) is 20.0. The summed E-state index contributed by atoms with van der Waals surface area (Å²) in [7, 11) is 1.52. The zero-order valence-corrected chi connectivity index (χ0v) is 20.0. The van der Waals surface area contributed by atoms with E-state index >= 15 is 0 Å². The quantitative estimate of drug-likeness (QED) is 0.311. The highest BCUT2D eigenvalue weighted by Gasteiger charge is 2.57. The summed E-state index contributed by atoms with van der Waals surface area (Å²) in [5.41, 5.74) is 1.41. The van der Waals surface area contributed by atoms with Gasteiger partial charge in [0.1, 0.15) is 5.70 Å². The Bertz CT molecular complexity index is 1030. The van der Waals surface area contributed by atoms with Gasteiger partial charge in [0, 0.05) is 13.6 Å². The molecule has 3 amide bonds. The lowest BCUT2D eigenvalue weighted by Gasteiger charge is -2.44. The number of rotatable bonds is 7. The molecule has 0 spiro atoms. The predicted molar refractivity (Wildman–Crippen MR) is 122 cm³/mol. The highest BCUT2D eigenvalue weighted by Crippen LogP contribution is 2.47. The van der Waals surface area contributed by atoms with Crippen LogP contribution in [0.2, 0.25) is 0 Å². The first-order valence-electron chi connectivity index (χ1n) is 11.1. The average molecular weight is 474 g/mol. The summed E-state index contributed by atoms with van der Waals surface area (Å²) in [6.45, 7) is 6.29. The molecule has 2 aliphatic heterocycles. The molecule has 34 heavy (non-hydrogen) atoms. The summed E-state index contributed by atoms with van der Waals surface area (Å²) >= 11 is 0. The third-order valence-corrected chi connectivity index (χ3v) is 5.87. The summed E-state index contributed by atoms with van der Waals surface area (Å²) in [4.78, 5) is 50.6. The number of β-lactam (4-membered cyclic amide) rings is 1. The summed E-state index contributed by atoms with van der Waals surface area (Å²) in [5, 5.41) is 15.2. The maximum atomic E-state index is 13.0. The molecule has 1 fully saturated rings. The van der Waals surface area contributed by atoms with Crippen molar-refractivity contribution in [1.82, 2.24) is 15.5 Å². The Kier molecular flexibility index (Phi) is 7.30. The lowest BCUT2D eigenvalue weighted by Crippen LogP contribution is -2.61. The van der Waals surface area contributed by atoms with Crippen molar-refractivity contribution in [2.45, 2.75) is 52.8 Å². The molecule has 2 aliphatic rings. The number of carbonyl (C=O) groups is 4. The molecule has 0 unspecified atom stereocenters. The van der Waals surface area contributed by atoms with Crippen molar-refractivity contribution >= 4 is 29.5 Å². The molecule has 10 heteroatoms. The highest BCUT2D eigenvalue weighted by atomic mass is 16.7. The minimum Gasteiger partial charge on any atom is -0.427 e. The van der Waals surface area contributed by atoms with Gasteiger partial charge in [-0.25, -0.2) is 9.59 Å². The number of fused-ring (bicyclic) bond motifs is 1. The Balaban J connectivity index is 1.86. The normalized spacial score (nSPS) is 20.3. The van der Waals surface area contributed by atoms with E-state index in [-0.39, 0.29) is 30.2 Å². The van der Waals surface area contributed by atoms with Crippen LogP contribution < -0.4 is 10.6 Å². The monoisotopic (exact) mass is 473 g/mol. The van der Waals surface area contributed by atoms with Gasteiger partial charge in [0.2, 0.25) is 12.7 Å². The fourth-order valence-electron chi connectivity index (χ4n) is 4.08. The maximum absolute atomic E-state index is 13.0. The summed E-state index contributed by atoms with van der Waals surface area (Å²) in [6.07, 6.45) is -0.499. The van der Waals surface area contributed by atoms with Gasteiger partial charge in [-0.1, -0.05) is 18.2 Å². The Morgan fingerprint density at radius 3 is 2.56 bits per heavy atom. The van der Waals surface area contributed by atoms with Crippen LogP contribution in [0.1, 0.15) is 45.2 Å². The molecule has 2 heterocycles. The van der Waals surface area contributed by atoms with E-state index in [4.69, 9.17) is 9.47 Å². The van der Waals surface area contributed by atoms with Gasteiger partial charge in [-0.15, -0.1) is 0 Å². The second-order valence-corrected chi connectivity index (χ2v) is 9.44. The highest BCUT2D eigenvalue weighted by molar-refractivity contribution is 6.06. The maximum Gasteiger partial charge on any atom is 0.358 e. The smallest absolute Gasteiger partial charge is 0.358 e. The number of esters is 2. The molecule has 0 saturated carbocycles. The van der Waals surface area contributed by atoms with Crippen LogP contribution in [0, 0.1) is 11.3 Å². The van der Waals surface area contributed by atoms with E-state index in [0.29, 0.717) is 17.6 Å². The standard InChI is InChI=1S/C24H31N3O7/c1-13(28)18-17-10-16(15-8-6-7-14(9-15)11-26-23(32)25-5)19(27(17)20(18)29)21(30)33-12-34-22(31)24(2,3)4/h6-9,13,17-18,28H,10-12H2,1-5H3,(H2,25,26,32)/t13-,17-,18-/m1/s1. The molecule has 184 valence electrons. The van der Waals surface area contributed by atoms with Crippen LogP contribution in [0.4, 0.5) is 4.79 Å². The molecule has 3 rings (SSSR count). The second-order valence-electron chi connectivity index (χ2n) is 9.44. The van der Waals surface area contributed by atoms with Crippen molar-refractivity contribution in [1.29, 1.82) is 0 Å². The van der Waals surface area contributed by atoms with Crippen LogP contribution in [-0.4, -0.2) is 59.9 Å². The molecule has 1 aromatic carbocycles. The minimum atomic E-state index is -0.860. The molecule has 0 aliphatic carbocycles. The SMILES string of the molecule is CNC(=O)NCc1cccc(C2=C(C(=O)OCOC(=O)C(C)(C)C)N3C(=O)[C@H]([C@@H](C)O)[C@H]3C2)c1. The number of nitrogens with one attached hydrogen (secondary N) is 2. The van der Waals surface area contributed by atoms with E-state index in [1.807, 2.05) is 12.1 Å². The van der Waals surface area contributed by atoms with E-state index in [1.54, 1.807) is 39.8 Å². The van der Waals surface area contributed by atoms with Gasteiger partial charge >= 0.3 is 18.0 Å². The summed E-state index contributed by atoms with van der Waals surface area (Å²) in [6, 6.07) is 6.56. The van der Waals surface area contributed by atoms with Crippen LogP contribution >= 0.6 is 0 Å². The summed E-state index contributed by atoms with van der Waals surface area (Å²) in [5.74, 6) is -2.28. The Labute approximate surface area is 198 Å². The van der Waals surface area contributed by atoms with Gasteiger partial charge in [-0.05, 0) is 56.9 Å². The van der Waals surface area contributed by atoms with Gasteiger partial charge < -0.3 is 30.1 Å². The minimum absolute atomic E-state index is 0.0788. The second kappa shape index (κ2) is 9.84. The molecule has 0 bridgehead atoms. The zero-order chi connectivity index (χ0) is 25.2. The number of hydrogen-bond donors (Lipinski definition) is 3. The molecule has 1 saturated heterocycles. The number of benzene rings is 1. The third-order valence-electron chi connectivity index (χ3n) is 5.87. The first-order valence-corrected chi connectivity index (χ1v) is 11.1. The number of aliphatic hydroxyl groups is 1. The number of amides is 3. The number of nitrogens with zero attached hydrogens (tertiary/aromatic N) is 1. The molecule has 10 nitrogen and oxygen atoms in total. The van der Waals surface area contributed by atoms with E-state index in [9.17, 15) is 24.3 Å². The Morgan fingerprint density at radius 2 is 1.94 bits per heavy atom. The van der Waals surface area contributed by atoms with Crippen LogP contribution in [0.15, 0.2) is 30.0 Å². The van der Waals surface area contributed by atoms with Gasteiger partial charge in [-0.3, -0.25) is 9.59 Å². The fourth-order valence-corrected chi connectivity index (χ4v) is 4.08. The summed E-state index contributed by atoms with van der Waals surface area (Å²) < 4.78 is 10.2. The van der Waals surface area contributed by atoms with Crippen LogP contribution in [0.25, 0.3) is 5.57 Å². The molecule has 3 N–H and O–H groups in total. The molecule has 0 aromatic heterocycles. The first-order chi connectivity index (χ1) is 16.0.